The lowest BCUT2D eigenvalue weighted by Crippen LogP contribution is -2.40. The molecule has 8 nitrogen and oxygen atoms in total. The van der Waals surface area contributed by atoms with Gasteiger partial charge in [0.1, 0.15) is 17.8 Å². The number of pyridine rings is 1. The Morgan fingerprint density at radius 1 is 0.781 bits per heavy atom. The molecule has 3 heterocycles. The Kier molecular flexibility index (Phi) is 3.31. The van der Waals surface area contributed by atoms with Crippen LogP contribution in [0.2, 0.25) is 0 Å². The zero-order valence-corrected chi connectivity index (χ0v) is 16.2. The van der Waals surface area contributed by atoms with Crippen molar-refractivity contribution in [3.8, 4) is 12.1 Å². The smallest absolute Gasteiger partial charge is 0.265 e. The summed E-state index contributed by atoms with van der Waals surface area (Å²) in [5.74, 6) is -1.14. The van der Waals surface area contributed by atoms with Crippen molar-refractivity contribution in [3.05, 3.63) is 87.5 Å². The maximum atomic E-state index is 13.4. The first-order valence-electron chi connectivity index (χ1n) is 9.56. The number of hydrogen-bond donors (Lipinski definition) is 0. The molecule has 0 saturated carbocycles. The minimum Gasteiger partial charge on any atom is -0.268 e. The second kappa shape index (κ2) is 5.97. The molecule has 2 amide bonds. The predicted octanol–water partition coefficient (Wildman–Crippen LogP) is 2.98. The number of amides is 2. The third kappa shape index (κ3) is 2.02. The van der Waals surface area contributed by atoms with Crippen LogP contribution in [-0.4, -0.2) is 21.2 Å². The second-order valence-corrected chi connectivity index (χ2v) is 7.40. The lowest BCUT2D eigenvalue weighted by atomic mass is 9.90. The summed E-state index contributed by atoms with van der Waals surface area (Å²) < 4.78 is 1.44. The molecular formula is C24H9N5O3. The summed E-state index contributed by atoms with van der Waals surface area (Å²) in [4.78, 5) is 45.1. The van der Waals surface area contributed by atoms with Crippen LogP contribution in [0, 0.1) is 22.7 Å². The van der Waals surface area contributed by atoms with Crippen LogP contribution < -0.4 is 10.5 Å². The van der Waals surface area contributed by atoms with Crippen LogP contribution in [-0.2, 0) is 0 Å². The van der Waals surface area contributed by atoms with Crippen molar-refractivity contribution in [3.63, 3.8) is 0 Å². The summed E-state index contributed by atoms with van der Waals surface area (Å²) in [5.41, 5.74) is 1.15. The number of benzene rings is 3. The topological polar surface area (TPSA) is 119 Å². The molecule has 32 heavy (non-hydrogen) atoms. The zero-order chi connectivity index (χ0) is 22.1. The van der Waals surface area contributed by atoms with Crippen molar-refractivity contribution < 1.29 is 9.59 Å². The van der Waals surface area contributed by atoms with Gasteiger partial charge in [-0.05, 0) is 42.5 Å². The molecule has 8 heteroatoms. The molecular weight excluding hydrogens is 406 g/mol. The van der Waals surface area contributed by atoms with Crippen LogP contribution in [0.3, 0.4) is 0 Å². The van der Waals surface area contributed by atoms with Gasteiger partial charge in [-0.25, -0.2) is 9.88 Å². The Morgan fingerprint density at radius 2 is 1.47 bits per heavy atom. The molecule has 0 aliphatic carbocycles. The maximum Gasteiger partial charge on any atom is 0.265 e. The van der Waals surface area contributed by atoms with Crippen molar-refractivity contribution >= 4 is 44.7 Å². The minimum absolute atomic E-state index is 0.0686. The van der Waals surface area contributed by atoms with Gasteiger partial charge in [-0.2, -0.15) is 10.5 Å². The van der Waals surface area contributed by atoms with Crippen LogP contribution in [0.5, 0.6) is 0 Å². The van der Waals surface area contributed by atoms with E-state index < -0.39 is 11.8 Å². The molecule has 0 radical (unpaired) electrons. The Labute approximate surface area is 179 Å². The summed E-state index contributed by atoms with van der Waals surface area (Å²) >= 11 is 0. The molecule has 2 aromatic heterocycles. The normalized spacial score (nSPS) is 13.1. The first kappa shape index (κ1) is 17.8. The highest BCUT2D eigenvalue weighted by atomic mass is 16.2. The number of nitrogens with zero attached hydrogens (tertiary/aromatic N) is 5. The summed E-state index contributed by atoms with van der Waals surface area (Å²) in [5, 5.41) is 20.5. The summed E-state index contributed by atoms with van der Waals surface area (Å²) in [7, 11) is 0. The molecule has 5 aromatic rings. The Morgan fingerprint density at radius 3 is 2.16 bits per heavy atom. The van der Waals surface area contributed by atoms with Crippen molar-refractivity contribution in [2.75, 3.05) is 4.90 Å². The number of hydrogen-bond acceptors (Lipinski definition) is 6. The predicted molar refractivity (Wildman–Crippen MR) is 115 cm³/mol. The van der Waals surface area contributed by atoms with E-state index in [4.69, 9.17) is 5.26 Å². The first-order chi connectivity index (χ1) is 15.5. The van der Waals surface area contributed by atoms with Crippen LogP contribution in [0.1, 0.15) is 31.8 Å². The van der Waals surface area contributed by atoms with Crippen molar-refractivity contribution in [1.29, 1.82) is 10.5 Å². The SMILES string of the molecule is N#Cc1ccc(N2C(=O)c3ccc4c(=O)n5ccnc5c5ccc(c3c45)C2=O)cc1C#N. The largest absolute Gasteiger partial charge is 0.268 e. The van der Waals surface area contributed by atoms with Crippen LogP contribution in [0.4, 0.5) is 5.69 Å². The van der Waals surface area contributed by atoms with E-state index in [2.05, 4.69) is 4.98 Å². The maximum absolute atomic E-state index is 13.4. The quantitative estimate of drug-likeness (QED) is 0.388. The molecule has 0 saturated heterocycles. The monoisotopic (exact) mass is 415 g/mol. The van der Waals surface area contributed by atoms with Crippen molar-refractivity contribution in [1.82, 2.24) is 9.38 Å². The average Bonchev–Trinajstić information content (AvgIpc) is 3.31. The number of imide groups is 1. The van der Waals surface area contributed by atoms with Gasteiger partial charge in [-0.1, -0.05) is 0 Å². The number of carbonyl (C=O) groups excluding carboxylic acids is 2. The molecule has 0 fully saturated rings. The van der Waals surface area contributed by atoms with E-state index in [-0.39, 0.29) is 33.5 Å². The van der Waals surface area contributed by atoms with Crippen molar-refractivity contribution in [2.45, 2.75) is 0 Å². The molecule has 0 unspecified atom stereocenters. The number of aromatic nitrogens is 2. The van der Waals surface area contributed by atoms with Crippen LogP contribution in [0.15, 0.2) is 59.7 Å². The fraction of sp³-hybridized carbons (Fsp3) is 0. The standard InChI is InChI=1S/C24H9N5O3/c25-10-12-1-2-14(9-13(12)11-26)29-23(31)17-4-3-15-19-16(5-6-18(20(17)19)24(29)32)22(30)28-8-7-27-21(15)28/h1-9H. The van der Waals surface area contributed by atoms with E-state index in [9.17, 15) is 19.6 Å². The third-order valence-electron chi connectivity index (χ3n) is 5.86. The molecule has 148 valence electrons. The number of nitriles is 2. The van der Waals surface area contributed by atoms with Gasteiger partial charge in [0.2, 0.25) is 0 Å². The molecule has 1 aliphatic heterocycles. The van der Waals surface area contributed by atoms with Crippen LogP contribution >= 0.6 is 0 Å². The summed E-state index contributed by atoms with van der Waals surface area (Å²) in [6.45, 7) is 0. The zero-order valence-electron chi connectivity index (χ0n) is 16.2. The Balaban J connectivity index is 1.67. The molecule has 0 N–H and O–H groups in total. The lowest BCUT2D eigenvalue weighted by molar-refractivity contribution is 0.0893. The van der Waals surface area contributed by atoms with E-state index in [1.807, 2.05) is 12.1 Å². The highest BCUT2D eigenvalue weighted by Gasteiger charge is 2.35. The molecule has 3 aromatic carbocycles. The summed E-state index contributed by atoms with van der Waals surface area (Å²) in [6.07, 6.45) is 3.11. The third-order valence-corrected chi connectivity index (χ3v) is 5.86. The fourth-order valence-electron chi connectivity index (χ4n) is 4.44. The van der Waals surface area contributed by atoms with Gasteiger partial charge < -0.3 is 0 Å². The number of rotatable bonds is 1. The van der Waals surface area contributed by atoms with Gasteiger partial charge >= 0.3 is 0 Å². The van der Waals surface area contributed by atoms with Gasteiger partial charge in [-0.15, -0.1) is 0 Å². The lowest BCUT2D eigenvalue weighted by Gasteiger charge is -2.28. The second-order valence-electron chi connectivity index (χ2n) is 7.40. The Bertz CT molecular complexity index is 1800. The summed E-state index contributed by atoms with van der Waals surface area (Å²) in [6, 6.07) is 14.5. The van der Waals surface area contributed by atoms with E-state index in [0.717, 1.165) is 4.90 Å². The van der Waals surface area contributed by atoms with Crippen molar-refractivity contribution in [2.24, 2.45) is 0 Å². The molecule has 0 bridgehead atoms. The highest BCUT2D eigenvalue weighted by Crippen LogP contribution is 2.38. The minimum atomic E-state index is -0.568. The fourth-order valence-corrected chi connectivity index (χ4v) is 4.44. The first-order valence-corrected chi connectivity index (χ1v) is 9.56. The van der Waals surface area contributed by atoms with Gasteiger partial charge in [0.15, 0.2) is 0 Å². The molecule has 0 spiro atoms. The molecule has 0 atom stereocenters. The Hall–Kier alpha value is -5.08. The van der Waals surface area contributed by atoms with Crippen LogP contribution in [0.25, 0.3) is 27.2 Å². The average molecular weight is 415 g/mol. The number of carbonyl (C=O) groups is 2. The van der Waals surface area contributed by atoms with E-state index in [0.29, 0.717) is 27.2 Å². The van der Waals surface area contributed by atoms with E-state index in [1.54, 1.807) is 30.5 Å². The number of fused-ring (bicyclic) bond motifs is 2. The van der Waals surface area contributed by atoms with Gasteiger partial charge in [0.25, 0.3) is 17.4 Å². The number of anilines is 1. The van der Waals surface area contributed by atoms with E-state index >= 15 is 0 Å². The van der Waals surface area contributed by atoms with Gasteiger partial charge in [-0.3, -0.25) is 18.8 Å². The van der Waals surface area contributed by atoms with Gasteiger partial charge in [0, 0.05) is 45.1 Å². The van der Waals surface area contributed by atoms with E-state index in [1.165, 1.54) is 28.8 Å². The molecule has 6 rings (SSSR count). The van der Waals surface area contributed by atoms with Gasteiger partial charge in [0.05, 0.1) is 16.8 Å². The highest BCUT2D eigenvalue weighted by molar-refractivity contribution is 6.38. The number of imidazole rings is 1. The molecule has 1 aliphatic rings.